The van der Waals surface area contributed by atoms with Gasteiger partial charge in [-0.05, 0) is 30.7 Å². The van der Waals surface area contributed by atoms with E-state index in [2.05, 4.69) is 10.5 Å². The third-order valence-corrected chi connectivity index (χ3v) is 3.72. The predicted octanol–water partition coefficient (Wildman–Crippen LogP) is 3.58. The van der Waals surface area contributed by atoms with E-state index < -0.39 is 6.10 Å². The van der Waals surface area contributed by atoms with Crippen molar-refractivity contribution < 1.29 is 14.4 Å². The van der Waals surface area contributed by atoms with Crippen molar-refractivity contribution in [2.24, 2.45) is 5.16 Å². The third kappa shape index (κ3) is 4.34. The van der Waals surface area contributed by atoms with Crippen LogP contribution in [0.3, 0.4) is 0 Å². The van der Waals surface area contributed by atoms with Crippen LogP contribution in [0, 0.1) is 0 Å². The minimum absolute atomic E-state index is 0.257. The fourth-order valence-corrected chi connectivity index (χ4v) is 2.27. The third-order valence-electron chi connectivity index (χ3n) is 3.46. The lowest BCUT2D eigenvalue weighted by Gasteiger charge is -2.16. The summed E-state index contributed by atoms with van der Waals surface area (Å²) in [6.45, 7) is 1.83. The van der Waals surface area contributed by atoms with Crippen LogP contribution in [0.2, 0.25) is 5.02 Å². The maximum Gasteiger partial charge on any atom is 0.253 e. The van der Waals surface area contributed by atoms with E-state index in [1.807, 2.05) is 31.2 Å². The summed E-state index contributed by atoms with van der Waals surface area (Å²) in [5.74, 6) is 0.202. The number of carbonyl (C=O) groups is 1. The number of hydrogen-bond acceptors (Lipinski definition) is 4. The number of likely N-dealkylation sites (N-methyl/N-ethyl adjacent to an activating group) is 1. The molecule has 5 nitrogen and oxygen atoms in total. The van der Waals surface area contributed by atoms with Gasteiger partial charge in [0.25, 0.3) is 5.91 Å². The molecule has 0 saturated heterocycles. The average Bonchev–Trinajstić information content (AvgIpc) is 2.61. The van der Waals surface area contributed by atoms with Crippen LogP contribution in [-0.4, -0.2) is 25.8 Å². The molecule has 1 unspecified atom stereocenters. The molecule has 1 N–H and O–H groups in total. The highest BCUT2D eigenvalue weighted by atomic mass is 35.5. The number of methoxy groups -OCH3 is 1. The van der Waals surface area contributed by atoms with Gasteiger partial charge < -0.3 is 14.9 Å². The van der Waals surface area contributed by atoms with Crippen LogP contribution in [0.5, 0.6) is 5.75 Å². The van der Waals surface area contributed by atoms with Crippen LogP contribution >= 0.6 is 11.6 Å². The number of rotatable bonds is 6. The van der Waals surface area contributed by atoms with Crippen LogP contribution in [0.4, 0.5) is 0 Å². The summed E-state index contributed by atoms with van der Waals surface area (Å²) in [6, 6.07) is 14.4. The molecule has 24 heavy (non-hydrogen) atoms. The van der Waals surface area contributed by atoms with Crippen molar-refractivity contribution in [2.75, 3.05) is 14.2 Å². The molecule has 2 rings (SSSR count). The first-order valence-corrected chi connectivity index (χ1v) is 7.75. The number of benzene rings is 2. The first kappa shape index (κ1) is 18.0. The average molecular weight is 347 g/mol. The Labute approximate surface area is 146 Å². The molecule has 6 heteroatoms. The highest BCUT2D eigenvalue weighted by Gasteiger charge is 2.22. The number of hydrogen-bond donors (Lipinski definition) is 1. The molecule has 0 saturated carbocycles. The second kappa shape index (κ2) is 8.47. The summed E-state index contributed by atoms with van der Waals surface area (Å²) in [5.41, 5.74) is 2.19. The Kier molecular flexibility index (Phi) is 6.35. The summed E-state index contributed by atoms with van der Waals surface area (Å²) in [6.07, 6.45) is -0.766. The molecule has 0 aliphatic carbocycles. The number of carbonyl (C=O) groups excluding carboxylic acids is 1. The second-order valence-corrected chi connectivity index (χ2v) is 5.48. The number of oxime groups is 1. The van der Waals surface area contributed by atoms with Gasteiger partial charge >= 0.3 is 0 Å². The number of ether oxygens (including phenoxy) is 1. The number of halogens is 1. The van der Waals surface area contributed by atoms with Crippen LogP contribution in [0.25, 0.3) is 0 Å². The molecule has 0 bridgehead atoms. The summed E-state index contributed by atoms with van der Waals surface area (Å²) in [5, 5.41) is 7.37. The number of amides is 1. The normalized spacial score (nSPS) is 12.6. The molecule has 0 spiro atoms. The molecule has 0 aromatic heterocycles. The predicted molar refractivity (Wildman–Crippen MR) is 94.5 cm³/mol. The SMILES string of the molecule is CNC(=O)C(OC)c1ccccc1O/N=C(/C)c1ccc(Cl)cc1. The summed E-state index contributed by atoms with van der Waals surface area (Å²) in [4.78, 5) is 17.5. The van der Waals surface area contributed by atoms with Crippen LogP contribution in [-0.2, 0) is 9.53 Å². The Hall–Kier alpha value is -2.37. The van der Waals surface area contributed by atoms with Gasteiger partial charge in [0.1, 0.15) is 0 Å². The van der Waals surface area contributed by atoms with E-state index in [1.165, 1.54) is 7.11 Å². The number of para-hydroxylation sites is 1. The van der Waals surface area contributed by atoms with E-state index >= 15 is 0 Å². The molecule has 0 aliphatic heterocycles. The quantitative estimate of drug-likeness (QED) is 0.642. The van der Waals surface area contributed by atoms with Gasteiger partial charge in [0.2, 0.25) is 0 Å². The molecule has 2 aromatic rings. The fraction of sp³-hybridized carbons (Fsp3) is 0.222. The molecule has 1 atom stereocenters. The highest BCUT2D eigenvalue weighted by molar-refractivity contribution is 6.30. The largest absolute Gasteiger partial charge is 0.367 e. The molecule has 0 heterocycles. The van der Waals surface area contributed by atoms with Crippen molar-refractivity contribution >= 4 is 23.2 Å². The van der Waals surface area contributed by atoms with Gasteiger partial charge in [0, 0.05) is 24.7 Å². The minimum atomic E-state index is -0.766. The molecule has 1 amide bonds. The van der Waals surface area contributed by atoms with Crippen LogP contribution < -0.4 is 10.2 Å². The maximum atomic E-state index is 11.9. The van der Waals surface area contributed by atoms with Crippen molar-refractivity contribution in [3.63, 3.8) is 0 Å². The van der Waals surface area contributed by atoms with E-state index in [0.717, 1.165) is 5.56 Å². The Morgan fingerprint density at radius 2 is 1.83 bits per heavy atom. The summed E-state index contributed by atoms with van der Waals surface area (Å²) < 4.78 is 5.28. The van der Waals surface area contributed by atoms with E-state index in [1.54, 1.807) is 31.3 Å². The van der Waals surface area contributed by atoms with Crippen LogP contribution in [0.1, 0.15) is 24.2 Å². The molecule has 126 valence electrons. The Balaban J connectivity index is 2.25. The number of nitrogens with one attached hydrogen (secondary N) is 1. The van der Waals surface area contributed by atoms with Gasteiger partial charge in [-0.1, -0.05) is 47.1 Å². The molecule has 2 aromatic carbocycles. The molecule has 0 radical (unpaired) electrons. The van der Waals surface area contributed by atoms with E-state index in [4.69, 9.17) is 21.2 Å². The number of nitrogens with zero attached hydrogens (tertiary/aromatic N) is 1. The van der Waals surface area contributed by atoms with Gasteiger partial charge in [0.05, 0.1) is 5.71 Å². The summed E-state index contributed by atoms with van der Waals surface area (Å²) in [7, 11) is 3.03. The lowest BCUT2D eigenvalue weighted by molar-refractivity contribution is -0.131. The topological polar surface area (TPSA) is 59.9 Å². The first-order valence-electron chi connectivity index (χ1n) is 7.37. The van der Waals surface area contributed by atoms with Crippen molar-refractivity contribution in [3.05, 3.63) is 64.7 Å². The zero-order valence-corrected chi connectivity index (χ0v) is 14.5. The Morgan fingerprint density at radius 1 is 1.17 bits per heavy atom. The van der Waals surface area contributed by atoms with Crippen LogP contribution in [0.15, 0.2) is 53.7 Å². The van der Waals surface area contributed by atoms with Crippen molar-refractivity contribution in [1.82, 2.24) is 5.32 Å². The fourth-order valence-electron chi connectivity index (χ4n) is 2.15. The lowest BCUT2D eigenvalue weighted by Crippen LogP contribution is -2.27. The lowest BCUT2D eigenvalue weighted by atomic mass is 10.1. The minimum Gasteiger partial charge on any atom is -0.367 e. The zero-order valence-electron chi connectivity index (χ0n) is 13.7. The van der Waals surface area contributed by atoms with Crippen molar-refractivity contribution in [1.29, 1.82) is 0 Å². The monoisotopic (exact) mass is 346 g/mol. The summed E-state index contributed by atoms with van der Waals surface area (Å²) >= 11 is 5.88. The van der Waals surface area contributed by atoms with Crippen molar-refractivity contribution in [3.8, 4) is 5.75 Å². The molecular weight excluding hydrogens is 328 g/mol. The highest BCUT2D eigenvalue weighted by Crippen LogP contribution is 2.27. The smallest absolute Gasteiger partial charge is 0.253 e. The van der Waals surface area contributed by atoms with E-state index in [9.17, 15) is 4.79 Å². The Bertz CT molecular complexity index is 729. The zero-order chi connectivity index (χ0) is 17.5. The van der Waals surface area contributed by atoms with Gasteiger partial charge in [-0.25, -0.2) is 0 Å². The maximum absolute atomic E-state index is 11.9. The van der Waals surface area contributed by atoms with Gasteiger partial charge in [-0.3, -0.25) is 4.79 Å². The first-order chi connectivity index (χ1) is 11.6. The van der Waals surface area contributed by atoms with Gasteiger partial charge in [-0.15, -0.1) is 0 Å². The van der Waals surface area contributed by atoms with Gasteiger partial charge in [-0.2, -0.15) is 0 Å². The molecular formula is C18H19ClN2O3. The molecule has 0 aliphatic rings. The molecule has 0 fully saturated rings. The van der Waals surface area contributed by atoms with E-state index in [-0.39, 0.29) is 5.91 Å². The standard InChI is InChI=1S/C18H19ClN2O3/c1-12(13-8-10-14(19)11-9-13)21-24-16-7-5-4-6-15(16)17(23-3)18(22)20-2/h4-11,17H,1-3H3,(H,20,22)/b21-12-. The van der Waals surface area contributed by atoms with E-state index in [0.29, 0.717) is 22.0 Å². The second-order valence-electron chi connectivity index (χ2n) is 5.04. The van der Waals surface area contributed by atoms with Gasteiger partial charge in [0.15, 0.2) is 11.9 Å². The van der Waals surface area contributed by atoms with Crippen molar-refractivity contribution in [2.45, 2.75) is 13.0 Å². The Morgan fingerprint density at radius 3 is 2.46 bits per heavy atom.